The Morgan fingerprint density at radius 2 is 1.81 bits per heavy atom. The quantitative estimate of drug-likeness (QED) is 0.730. The van der Waals surface area contributed by atoms with Gasteiger partial charge in [-0.2, -0.15) is 0 Å². The highest BCUT2D eigenvalue weighted by molar-refractivity contribution is 5.88. The van der Waals surface area contributed by atoms with Crippen LogP contribution in [0.2, 0.25) is 0 Å². The summed E-state index contributed by atoms with van der Waals surface area (Å²) in [4.78, 5) is 8.41. The molecule has 4 nitrogen and oxygen atoms in total. The Bertz CT molecular complexity index is 743. The van der Waals surface area contributed by atoms with Crippen molar-refractivity contribution in [2.45, 2.75) is 0 Å². The second-order valence-corrected chi connectivity index (χ2v) is 4.45. The fraction of sp³-hybridized carbons (Fsp3) is 0.125. The van der Waals surface area contributed by atoms with Crippen LogP contribution in [0.5, 0.6) is 5.75 Å². The average molecular weight is 283 g/mol. The summed E-state index contributed by atoms with van der Waals surface area (Å²) >= 11 is 0. The molecule has 0 aliphatic heterocycles. The molecule has 21 heavy (non-hydrogen) atoms. The van der Waals surface area contributed by atoms with Crippen LogP contribution in [0, 0.1) is 5.82 Å². The molecule has 0 radical (unpaired) electrons. The first-order chi connectivity index (χ1) is 10.3. The fourth-order valence-electron chi connectivity index (χ4n) is 2.04. The van der Waals surface area contributed by atoms with E-state index in [9.17, 15) is 4.39 Å². The minimum atomic E-state index is -0.356. The van der Waals surface area contributed by atoms with Gasteiger partial charge in [-0.25, -0.2) is 14.4 Å². The van der Waals surface area contributed by atoms with Crippen LogP contribution in [0.3, 0.4) is 0 Å². The summed E-state index contributed by atoms with van der Waals surface area (Å²) in [6.07, 6.45) is 1.52. The zero-order chi connectivity index (χ0) is 14.5. The van der Waals surface area contributed by atoms with E-state index in [1.54, 1.807) is 18.2 Å². The van der Waals surface area contributed by atoms with Gasteiger partial charge in [-0.15, -0.1) is 0 Å². The van der Waals surface area contributed by atoms with Crippen LogP contribution < -0.4 is 10.1 Å². The second kappa shape index (κ2) is 6.17. The van der Waals surface area contributed by atoms with Crippen LogP contribution in [0.4, 0.5) is 10.2 Å². The van der Waals surface area contributed by atoms with E-state index in [0.717, 1.165) is 16.7 Å². The molecule has 1 aromatic heterocycles. The van der Waals surface area contributed by atoms with Gasteiger partial charge in [0.2, 0.25) is 0 Å². The molecular weight excluding hydrogens is 269 g/mol. The lowest BCUT2D eigenvalue weighted by Crippen LogP contribution is -2.13. The van der Waals surface area contributed by atoms with Gasteiger partial charge < -0.3 is 10.1 Å². The number of para-hydroxylation sites is 2. The highest BCUT2D eigenvalue weighted by atomic mass is 19.1. The third-order valence-electron chi connectivity index (χ3n) is 3.03. The zero-order valence-electron chi connectivity index (χ0n) is 11.3. The lowest BCUT2D eigenvalue weighted by Gasteiger charge is -2.10. The van der Waals surface area contributed by atoms with Gasteiger partial charge in [0.05, 0.1) is 12.1 Å². The molecule has 0 atom stereocenters. The summed E-state index contributed by atoms with van der Waals surface area (Å²) in [5.74, 6) is 0.648. The number of benzene rings is 2. The van der Waals surface area contributed by atoms with E-state index < -0.39 is 0 Å². The van der Waals surface area contributed by atoms with Gasteiger partial charge in [0, 0.05) is 5.39 Å². The van der Waals surface area contributed by atoms with E-state index in [1.165, 1.54) is 12.4 Å². The molecule has 0 saturated carbocycles. The largest absolute Gasteiger partial charge is 0.489 e. The molecule has 5 heteroatoms. The predicted molar refractivity (Wildman–Crippen MR) is 79.9 cm³/mol. The first-order valence-electron chi connectivity index (χ1n) is 6.65. The second-order valence-electron chi connectivity index (χ2n) is 4.45. The van der Waals surface area contributed by atoms with Crippen LogP contribution in [-0.2, 0) is 0 Å². The van der Waals surface area contributed by atoms with Crippen LogP contribution in [-0.4, -0.2) is 23.1 Å². The minimum Gasteiger partial charge on any atom is -0.489 e. The van der Waals surface area contributed by atoms with Gasteiger partial charge in [-0.1, -0.05) is 24.3 Å². The SMILES string of the molecule is Fc1ccccc1OCCNc1ncnc2ccccc12. The number of hydrogen-bond acceptors (Lipinski definition) is 4. The molecule has 0 amide bonds. The minimum absolute atomic E-state index is 0.256. The zero-order valence-corrected chi connectivity index (χ0v) is 11.3. The summed E-state index contributed by atoms with van der Waals surface area (Å²) in [7, 11) is 0. The molecule has 0 spiro atoms. The summed E-state index contributed by atoms with van der Waals surface area (Å²) in [6.45, 7) is 0.870. The molecule has 3 rings (SSSR count). The summed E-state index contributed by atoms with van der Waals surface area (Å²) in [5, 5.41) is 4.13. The molecule has 0 unspecified atom stereocenters. The van der Waals surface area contributed by atoms with Gasteiger partial charge in [-0.05, 0) is 24.3 Å². The molecular formula is C16H14FN3O. The van der Waals surface area contributed by atoms with Gasteiger partial charge in [-0.3, -0.25) is 0 Å². The first kappa shape index (κ1) is 13.3. The van der Waals surface area contributed by atoms with Crippen molar-refractivity contribution in [3.63, 3.8) is 0 Å². The molecule has 1 heterocycles. The highest BCUT2D eigenvalue weighted by Crippen LogP contribution is 2.18. The lowest BCUT2D eigenvalue weighted by atomic mass is 10.2. The molecule has 0 bridgehead atoms. The Labute approximate surface area is 121 Å². The fourth-order valence-corrected chi connectivity index (χ4v) is 2.04. The summed E-state index contributed by atoms with van der Waals surface area (Å²) < 4.78 is 18.8. The van der Waals surface area contributed by atoms with Crippen molar-refractivity contribution in [2.75, 3.05) is 18.5 Å². The van der Waals surface area contributed by atoms with Crippen LogP contribution in [0.25, 0.3) is 10.9 Å². The normalized spacial score (nSPS) is 10.5. The van der Waals surface area contributed by atoms with Crippen LogP contribution in [0.15, 0.2) is 54.9 Å². The Kier molecular flexibility index (Phi) is 3.91. The summed E-state index contributed by atoms with van der Waals surface area (Å²) in [5.41, 5.74) is 0.880. The van der Waals surface area contributed by atoms with E-state index >= 15 is 0 Å². The number of halogens is 1. The van der Waals surface area contributed by atoms with Gasteiger partial charge in [0.25, 0.3) is 0 Å². The maximum Gasteiger partial charge on any atom is 0.165 e. The van der Waals surface area contributed by atoms with Crippen molar-refractivity contribution in [3.05, 3.63) is 60.7 Å². The van der Waals surface area contributed by atoms with E-state index in [4.69, 9.17) is 4.74 Å². The Hall–Kier alpha value is -2.69. The predicted octanol–water partition coefficient (Wildman–Crippen LogP) is 3.26. The van der Waals surface area contributed by atoms with E-state index in [0.29, 0.717) is 13.2 Å². The van der Waals surface area contributed by atoms with Crippen molar-refractivity contribution in [1.29, 1.82) is 0 Å². The summed E-state index contributed by atoms with van der Waals surface area (Å²) in [6, 6.07) is 14.1. The Morgan fingerprint density at radius 1 is 1.00 bits per heavy atom. The van der Waals surface area contributed by atoms with E-state index in [-0.39, 0.29) is 11.6 Å². The van der Waals surface area contributed by atoms with Gasteiger partial charge in [0.15, 0.2) is 11.6 Å². The molecule has 1 N–H and O–H groups in total. The Morgan fingerprint density at radius 3 is 2.71 bits per heavy atom. The monoisotopic (exact) mass is 283 g/mol. The number of aromatic nitrogens is 2. The van der Waals surface area contributed by atoms with Gasteiger partial charge in [0.1, 0.15) is 18.8 Å². The molecule has 0 fully saturated rings. The number of nitrogens with zero attached hydrogens (tertiary/aromatic N) is 2. The maximum absolute atomic E-state index is 13.4. The number of anilines is 1. The number of ether oxygens (including phenoxy) is 1. The van der Waals surface area contributed by atoms with Crippen LogP contribution in [0.1, 0.15) is 0 Å². The molecule has 0 aliphatic carbocycles. The molecule has 0 saturated heterocycles. The van der Waals surface area contributed by atoms with Crippen molar-refractivity contribution in [2.24, 2.45) is 0 Å². The van der Waals surface area contributed by atoms with Crippen LogP contribution >= 0.6 is 0 Å². The van der Waals surface area contributed by atoms with E-state index in [2.05, 4.69) is 15.3 Å². The van der Waals surface area contributed by atoms with Crippen molar-refractivity contribution < 1.29 is 9.13 Å². The first-order valence-corrected chi connectivity index (χ1v) is 6.65. The van der Waals surface area contributed by atoms with Gasteiger partial charge >= 0.3 is 0 Å². The van der Waals surface area contributed by atoms with Crippen molar-refractivity contribution >= 4 is 16.7 Å². The van der Waals surface area contributed by atoms with Crippen molar-refractivity contribution in [3.8, 4) is 5.75 Å². The Balaban J connectivity index is 1.61. The standard InChI is InChI=1S/C16H14FN3O/c17-13-6-2-4-8-15(13)21-10-9-18-16-12-5-1-3-7-14(12)19-11-20-16/h1-8,11H,9-10H2,(H,18,19,20). The molecule has 106 valence electrons. The topological polar surface area (TPSA) is 47.0 Å². The lowest BCUT2D eigenvalue weighted by molar-refractivity contribution is 0.315. The molecule has 2 aromatic carbocycles. The van der Waals surface area contributed by atoms with Crippen molar-refractivity contribution in [1.82, 2.24) is 9.97 Å². The average Bonchev–Trinajstić information content (AvgIpc) is 2.53. The molecule has 0 aliphatic rings. The highest BCUT2D eigenvalue weighted by Gasteiger charge is 2.03. The molecule has 3 aromatic rings. The number of nitrogens with one attached hydrogen (secondary N) is 1. The number of rotatable bonds is 5. The third-order valence-corrected chi connectivity index (χ3v) is 3.03. The third kappa shape index (κ3) is 3.08. The van der Waals surface area contributed by atoms with E-state index in [1.807, 2.05) is 24.3 Å². The smallest absolute Gasteiger partial charge is 0.165 e. The maximum atomic E-state index is 13.4. The number of fused-ring (bicyclic) bond motifs is 1. The number of hydrogen-bond donors (Lipinski definition) is 1.